The second-order valence-electron chi connectivity index (χ2n) is 6.25. The quantitative estimate of drug-likeness (QED) is 0.368. The molecule has 2 aromatic heterocycles. The molecular formula is C20H17N7O3. The van der Waals surface area contributed by atoms with E-state index in [9.17, 15) is 10.1 Å². The summed E-state index contributed by atoms with van der Waals surface area (Å²) in [6, 6.07) is 16.3. The Kier molecular flexibility index (Phi) is 4.95. The van der Waals surface area contributed by atoms with Crippen molar-refractivity contribution in [3.05, 3.63) is 77.1 Å². The maximum atomic E-state index is 11.6. The maximum Gasteiger partial charge on any atom is 0.337 e. The molecular weight excluding hydrogens is 386 g/mol. The van der Waals surface area contributed by atoms with Crippen LogP contribution in [0.15, 0.2) is 67.0 Å². The third kappa shape index (κ3) is 3.74. The van der Waals surface area contributed by atoms with Gasteiger partial charge in [-0.05, 0) is 36.4 Å². The van der Waals surface area contributed by atoms with Crippen LogP contribution in [0.1, 0.15) is 0 Å². The fourth-order valence-electron chi connectivity index (χ4n) is 2.90. The molecule has 0 saturated carbocycles. The Morgan fingerprint density at radius 1 is 1.10 bits per heavy atom. The maximum absolute atomic E-state index is 11.6. The van der Waals surface area contributed by atoms with Crippen LogP contribution >= 0.6 is 0 Å². The molecule has 0 spiro atoms. The first-order chi connectivity index (χ1) is 14.5. The molecule has 2 aromatic carbocycles. The minimum atomic E-state index is -0.591. The van der Waals surface area contributed by atoms with E-state index in [0.29, 0.717) is 17.0 Å². The summed E-state index contributed by atoms with van der Waals surface area (Å²) in [6.07, 6.45) is 3.35. The molecule has 0 aliphatic heterocycles. The monoisotopic (exact) mass is 403 g/mol. The zero-order valence-electron chi connectivity index (χ0n) is 15.9. The SMILES string of the molecule is COc1ccc(-c2nc(Nc3cnn(-c4ccccc4)c3)nc(N)c2[N+](=O)[O-])cc1. The summed E-state index contributed by atoms with van der Waals surface area (Å²) in [5, 5.41) is 18.9. The van der Waals surface area contributed by atoms with Crippen LogP contribution in [0, 0.1) is 10.1 Å². The molecule has 0 fully saturated rings. The predicted octanol–water partition coefficient (Wildman–Crippen LogP) is 3.57. The van der Waals surface area contributed by atoms with Crippen molar-refractivity contribution in [2.75, 3.05) is 18.2 Å². The standard InChI is InChI=1S/C20H17N7O3/c1-30-16-9-7-13(8-10-16)17-18(27(28)29)19(21)25-20(24-17)23-14-11-22-26(12-14)15-5-3-2-4-6-15/h2-12H,1H3,(H3,21,23,24,25). The normalized spacial score (nSPS) is 10.6. The molecule has 0 bridgehead atoms. The molecule has 10 heteroatoms. The molecule has 0 amide bonds. The number of para-hydroxylation sites is 1. The average molecular weight is 403 g/mol. The number of nitrogens with zero attached hydrogens (tertiary/aromatic N) is 5. The molecule has 0 atom stereocenters. The highest BCUT2D eigenvalue weighted by molar-refractivity contribution is 5.78. The van der Waals surface area contributed by atoms with Gasteiger partial charge in [-0.1, -0.05) is 18.2 Å². The lowest BCUT2D eigenvalue weighted by Crippen LogP contribution is -2.06. The summed E-state index contributed by atoms with van der Waals surface area (Å²) in [5.41, 5.74) is 7.64. The van der Waals surface area contributed by atoms with Gasteiger partial charge in [-0.2, -0.15) is 10.1 Å². The molecule has 0 radical (unpaired) electrons. The van der Waals surface area contributed by atoms with Crippen LogP contribution in [0.2, 0.25) is 0 Å². The van der Waals surface area contributed by atoms with E-state index in [2.05, 4.69) is 20.4 Å². The Balaban J connectivity index is 1.70. The first kappa shape index (κ1) is 18.9. The van der Waals surface area contributed by atoms with E-state index in [4.69, 9.17) is 10.5 Å². The number of nitro groups is 1. The van der Waals surface area contributed by atoms with Crippen LogP contribution in [0.3, 0.4) is 0 Å². The minimum absolute atomic E-state index is 0.105. The van der Waals surface area contributed by atoms with Crippen molar-refractivity contribution in [2.45, 2.75) is 0 Å². The molecule has 0 aliphatic rings. The van der Waals surface area contributed by atoms with Gasteiger partial charge in [0, 0.05) is 5.56 Å². The van der Waals surface area contributed by atoms with Crippen LogP contribution < -0.4 is 15.8 Å². The Morgan fingerprint density at radius 2 is 1.83 bits per heavy atom. The molecule has 150 valence electrons. The fraction of sp³-hybridized carbons (Fsp3) is 0.0500. The lowest BCUT2D eigenvalue weighted by Gasteiger charge is -2.09. The van der Waals surface area contributed by atoms with E-state index in [1.165, 1.54) is 7.11 Å². The number of rotatable bonds is 6. The smallest absolute Gasteiger partial charge is 0.337 e. The molecule has 2 heterocycles. The van der Waals surface area contributed by atoms with E-state index in [0.717, 1.165) is 5.69 Å². The molecule has 3 N–H and O–H groups in total. The zero-order chi connectivity index (χ0) is 21.1. The van der Waals surface area contributed by atoms with E-state index < -0.39 is 4.92 Å². The second-order valence-corrected chi connectivity index (χ2v) is 6.25. The zero-order valence-corrected chi connectivity index (χ0v) is 15.9. The highest BCUT2D eigenvalue weighted by Gasteiger charge is 2.24. The minimum Gasteiger partial charge on any atom is -0.497 e. The van der Waals surface area contributed by atoms with E-state index in [1.807, 2.05) is 30.3 Å². The van der Waals surface area contributed by atoms with E-state index in [1.54, 1.807) is 41.3 Å². The van der Waals surface area contributed by atoms with Crippen LogP contribution in [0.5, 0.6) is 5.75 Å². The summed E-state index contributed by atoms with van der Waals surface area (Å²) in [5.74, 6) is 0.505. The molecule has 10 nitrogen and oxygen atoms in total. The number of benzene rings is 2. The number of hydrogen-bond donors (Lipinski definition) is 2. The molecule has 0 unspecified atom stereocenters. The number of hydrogen-bond acceptors (Lipinski definition) is 8. The Hall–Kier alpha value is -4.47. The van der Waals surface area contributed by atoms with Crippen LogP contribution in [0.25, 0.3) is 16.9 Å². The van der Waals surface area contributed by atoms with Crippen molar-refractivity contribution in [3.63, 3.8) is 0 Å². The lowest BCUT2D eigenvalue weighted by atomic mass is 10.1. The summed E-state index contributed by atoms with van der Waals surface area (Å²) in [4.78, 5) is 19.3. The topological polar surface area (TPSA) is 134 Å². The van der Waals surface area contributed by atoms with Gasteiger partial charge in [-0.15, -0.1) is 0 Å². The van der Waals surface area contributed by atoms with Crippen LogP contribution in [-0.2, 0) is 0 Å². The van der Waals surface area contributed by atoms with Crippen molar-refractivity contribution in [1.82, 2.24) is 19.7 Å². The van der Waals surface area contributed by atoms with Gasteiger partial charge in [-0.3, -0.25) is 10.1 Å². The lowest BCUT2D eigenvalue weighted by molar-refractivity contribution is -0.383. The van der Waals surface area contributed by atoms with Crippen molar-refractivity contribution in [3.8, 4) is 22.7 Å². The van der Waals surface area contributed by atoms with E-state index >= 15 is 0 Å². The molecule has 0 saturated heterocycles. The summed E-state index contributed by atoms with van der Waals surface area (Å²) in [6.45, 7) is 0. The van der Waals surface area contributed by atoms with Gasteiger partial charge in [0.05, 0.1) is 35.8 Å². The summed E-state index contributed by atoms with van der Waals surface area (Å²) < 4.78 is 6.82. The summed E-state index contributed by atoms with van der Waals surface area (Å²) in [7, 11) is 1.54. The Morgan fingerprint density at radius 3 is 2.50 bits per heavy atom. The number of methoxy groups -OCH3 is 1. The second kappa shape index (κ2) is 7.87. The Bertz CT molecular complexity index is 1190. The van der Waals surface area contributed by atoms with Gasteiger partial charge in [0.2, 0.25) is 11.8 Å². The van der Waals surface area contributed by atoms with E-state index in [-0.39, 0.29) is 23.1 Å². The molecule has 4 aromatic rings. The third-order valence-corrected chi connectivity index (χ3v) is 4.32. The van der Waals surface area contributed by atoms with Crippen molar-refractivity contribution < 1.29 is 9.66 Å². The van der Waals surface area contributed by atoms with Gasteiger partial charge in [0.15, 0.2) is 5.69 Å². The number of nitrogens with one attached hydrogen (secondary N) is 1. The highest BCUT2D eigenvalue weighted by atomic mass is 16.6. The number of aromatic nitrogens is 4. The first-order valence-corrected chi connectivity index (χ1v) is 8.88. The van der Waals surface area contributed by atoms with Gasteiger partial charge >= 0.3 is 5.69 Å². The molecule has 0 aliphatic carbocycles. The van der Waals surface area contributed by atoms with Crippen molar-refractivity contribution in [1.29, 1.82) is 0 Å². The van der Waals surface area contributed by atoms with Gasteiger partial charge in [0.25, 0.3) is 0 Å². The number of nitrogens with two attached hydrogens (primary N) is 1. The number of ether oxygens (including phenoxy) is 1. The van der Waals surface area contributed by atoms with Crippen LogP contribution in [-0.4, -0.2) is 31.8 Å². The fourth-order valence-corrected chi connectivity index (χ4v) is 2.90. The van der Waals surface area contributed by atoms with Crippen molar-refractivity contribution in [2.24, 2.45) is 0 Å². The first-order valence-electron chi connectivity index (χ1n) is 8.88. The Labute approximate surface area is 171 Å². The highest BCUT2D eigenvalue weighted by Crippen LogP contribution is 2.34. The van der Waals surface area contributed by atoms with Gasteiger partial charge in [0.1, 0.15) is 5.75 Å². The van der Waals surface area contributed by atoms with Crippen LogP contribution in [0.4, 0.5) is 23.1 Å². The predicted molar refractivity (Wildman–Crippen MR) is 112 cm³/mol. The van der Waals surface area contributed by atoms with Crippen molar-refractivity contribution >= 4 is 23.1 Å². The third-order valence-electron chi connectivity index (χ3n) is 4.32. The number of anilines is 3. The van der Waals surface area contributed by atoms with Gasteiger partial charge in [-0.25, -0.2) is 9.67 Å². The summed E-state index contributed by atoms with van der Waals surface area (Å²) >= 11 is 0. The molecule has 4 rings (SSSR count). The van der Waals surface area contributed by atoms with Gasteiger partial charge < -0.3 is 15.8 Å². The molecule has 30 heavy (non-hydrogen) atoms. The largest absolute Gasteiger partial charge is 0.497 e. The number of nitrogen functional groups attached to an aromatic ring is 1. The average Bonchev–Trinajstić information content (AvgIpc) is 3.22.